The van der Waals surface area contributed by atoms with Crippen LogP contribution in [-0.2, 0) is 4.79 Å². The number of rotatable bonds is 3. The lowest BCUT2D eigenvalue weighted by Gasteiger charge is -2.12. The summed E-state index contributed by atoms with van der Waals surface area (Å²) in [6, 6.07) is 4.14. The fraction of sp³-hybridized carbons (Fsp3) is 0.385. The number of hydrogen-bond donors (Lipinski definition) is 2. The summed E-state index contributed by atoms with van der Waals surface area (Å²) in [5.41, 5.74) is 0.717. The van der Waals surface area contributed by atoms with Crippen molar-refractivity contribution >= 4 is 24.0 Å². The lowest BCUT2D eigenvalue weighted by atomic mass is 10.2. The second-order valence-electron chi connectivity index (χ2n) is 4.94. The second-order valence-corrected chi connectivity index (χ2v) is 4.94. The third-order valence-electron chi connectivity index (χ3n) is 3.44. The lowest BCUT2D eigenvalue weighted by molar-refractivity contribution is -0.117. The van der Waals surface area contributed by atoms with Crippen LogP contribution in [0, 0.1) is 12.7 Å². The Bertz CT molecular complexity index is 670. The summed E-state index contributed by atoms with van der Waals surface area (Å²) < 4.78 is 15.2. The Morgan fingerprint density at radius 3 is 2.95 bits per heavy atom. The third kappa shape index (κ3) is 3.23. The van der Waals surface area contributed by atoms with Gasteiger partial charge in [-0.1, -0.05) is 0 Å². The van der Waals surface area contributed by atoms with E-state index in [1.807, 2.05) is 0 Å². The molecule has 1 unspecified atom stereocenters. The summed E-state index contributed by atoms with van der Waals surface area (Å²) in [5.74, 6) is -0.101. The number of aryl methyl sites for hydroxylation is 1. The van der Waals surface area contributed by atoms with E-state index in [0.29, 0.717) is 11.5 Å². The minimum Gasteiger partial charge on any atom is -0.325 e. The van der Waals surface area contributed by atoms with Crippen LogP contribution >= 0.6 is 12.4 Å². The summed E-state index contributed by atoms with van der Waals surface area (Å²) in [6.07, 6.45) is 1.79. The van der Waals surface area contributed by atoms with Gasteiger partial charge in [-0.05, 0) is 54.9 Å². The molecule has 3 rings (SSSR count). The topological polar surface area (TPSA) is 84.7 Å². The molecule has 2 heterocycles. The highest BCUT2D eigenvalue weighted by atomic mass is 35.5. The van der Waals surface area contributed by atoms with Gasteiger partial charge in [0.15, 0.2) is 5.82 Å². The van der Waals surface area contributed by atoms with E-state index in [-0.39, 0.29) is 30.0 Å². The first-order valence-electron chi connectivity index (χ1n) is 6.74. The summed E-state index contributed by atoms with van der Waals surface area (Å²) >= 11 is 0. The number of halogens is 2. The van der Waals surface area contributed by atoms with Crippen LogP contribution in [0.15, 0.2) is 18.2 Å². The first kappa shape index (κ1) is 16.3. The Labute approximate surface area is 132 Å². The number of amides is 1. The number of hydrogen-bond acceptors (Lipinski definition) is 5. The van der Waals surface area contributed by atoms with Crippen molar-refractivity contribution in [3.63, 3.8) is 0 Å². The van der Waals surface area contributed by atoms with Gasteiger partial charge in [-0.15, -0.1) is 17.5 Å². The molecule has 1 aromatic heterocycles. The quantitative estimate of drug-likeness (QED) is 0.886. The van der Waals surface area contributed by atoms with Gasteiger partial charge >= 0.3 is 0 Å². The molecule has 1 aromatic carbocycles. The third-order valence-corrected chi connectivity index (χ3v) is 3.44. The van der Waals surface area contributed by atoms with E-state index in [2.05, 4.69) is 26.2 Å². The molecule has 1 saturated heterocycles. The molecule has 0 aliphatic carbocycles. The van der Waals surface area contributed by atoms with Crippen LogP contribution in [0.5, 0.6) is 0 Å². The van der Waals surface area contributed by atoms with E-state index in [0.717, 1.165) is 19.4 Å². The Morgan fingerprint density at radius 2 is 2.32 bits per heavy atom. The molecular weight excluding hydrogens is 311 g/mol. The zero-order valence-electron chi connectivity index (χ0n) is 11.9. The zero-order valence-corrected chi connectivity index (χ0v) is 12.7. The van der Waals surface area contributed by atoms with Crippen LogP contribution in [-0.4, -0.2) is 38.7 Å². The van der Waals surface area contributed by atoms with Crippen molar-refractivity contribution in [2.45, 2.75) is 25.8 Å². The van der Waals surface area contributed by atoms with Crippen LogP contribution in [0.4, 0.5) is 10.1 Å². The molecule has 0 saturated carbocycles. The first-order chi connectivity index (χ1) is 10.1. The average Bonchev–Trinajstić information content (AvgIpc) is 3.12. The summed E-state index contributed by atoms with van der Waals surface area (Å²) in [5, 5.41) is 16.9. The maximum absolute atomic E-state index is 13.9. The van der Waals surface area contributed by atoms with Crippen molar-refractivity contribution in [1.82, 2.24) is 25.5 Å². The number of nitrogens with one attached hydrogen (secondary N) is 2. The number of aromatic nitrogens is 4. The fourth-order valence-corrected chi connectivity index (χ4v) is 2.34. The van der Waals surface area contributed by atoms with E-state index in [4.69, 9.17) is 0 Å². The van der Waals surface area contributed by atoms with Gasteiger partial charge in [0.1, 0.15) is 11.5 Å². The van der Waals surface area contributed by atoms with Gasteiger partial charge in [0, 0.05) is 5.69 Å². The molecule has 1 aliphatic heterocycles. The van der Waals surface area contributed by atoms with Gasteiger partial charge in [0.05, 0.1) is 6.04 Å². The molecular formula is C13H16ClFN6O. The molecule has 0 radical (unpaired) electrons. The van der Waals surface area contributed by atoms with Crippen LogP contribution in [0.3, 0.4) is 0 Å². The summed E-state index contributed by atoms with van der Waals surface area (Å²) in [6.45, 7) is 2.52. The Hall–Kier alpha value is -2.06. The van der Waals surface area contributed by atoms with E-state index in [9.17, 15) is 9.18 Å². The van der Waals surface area contributed by atoms with E-state index in [1.54, 1.807) is 6.92 Å². The number of carbonyl (C=O) groups is 1. The minimum atomic E-state index is -0.456. The van der Waals surface area contributed by atoms with Gasteiger partial charge in [-0.3, -0.25) is 4.79 Å². The van der Waals surface area contributed by atoms with Crippen molar-refractivity contribution in [2.75, 3.05) is 11.9 Å². The molecule has 2 aromatic rings. The number of carbonyl (C=O) groups excluding carboxylic acids is 1. The van der Waals surface area contributed by atoms with Crippen LogP contribution in [0.1, 0.15) is 18.7 Å². The molecule has 1 atom stereocenters. The van der Waals surface area contributed by atoms with Gasteiger partial charge in [0.2, 0.25) is 5.91 Å². The highest BCUT2D eigenvalue weighted by Crippen LogP contribution is 2.19. The van der Waals surface area contributed by atoms with Gasteiger partial charge in [0.25, 0.3) is 0 Å². The van der Waals surface area contributed by atoms with Crippen LogP contribution < -0.4 is 10.6 Å². The van der Waals surface area contributed by atoms with Crippen molar-refractivity contribution < 1.29 is 9.18 Å². The van der Waals surface area contributed by atoms with Gasteiger partial charge in [-0.25, -0.2) is 4.39 Å². The normalized spacial score (nSPS) is 17.1. The molecule has 1 amide bonds. The first-order valence-corrected chi connectivity index (χ1v) is 6.74. The standard InChI is InChI=1S/C13H15FN6O.ClH/c1-8-17-18-19-20(8)12-7-9(4-5-10(12)14)16-13(21)11-3-2-6-15-11;/h4-5,7,11,15H,2-3,6H2,1H3,(H,16,21);1H. The molecule has 2 N–H and O–H groups in total. The molecule has 118 valence electrons. The maximum Gasteiger partial charge on any atom is 0.241 e. The van der Waals surface area contributed by atoms with Crippen molar-refractivity contribution in [1.29, 1.82) is 0 Å². The molecule has 22 heavy (non-hydrogen) atoms. The van der Waals surface area contributed by atoms with Crippen molar-refractivity contribution in [3.05, 3.63) is 29.8 Å². The SMILES string of the molecule is Cc1nnnn1-c1cc(NC(=O)C2CCCN2)ccc1F.Cl. The number of benzene rings is 1. The van der Waals surface area contributed by atoms with E-state index < -0.39 is 5.82 Å². The van der Waals surface area contributed by atoms with Gasteiger partial charge < -0.3 is 10.6 Å². The fourth-order valence-electron chi connectivity index (χ4n) is 2.34. The maximum atomic E-state index is 13.9. The van der Waals surface area contributed by atoms with Crippen LogP contribution in [0.25, 0.3) is 5.69 Å². The lowest BCUT2D eigenvalue weighted by Crippen LogP contribution is -2.35. The molecule has 0 spiro atoms. The molecule has 9 heteroatoms. The molecule has 7 nitrogen and oxygen atoms in total. The largest absolute Gasteiger partial charge is 0.325 e. The Kier molecular flexibility index (Phi) is 5.04. The molecule has 1 aliphatic rings. The monoisotopic (exact) mass is 326 g/mol. The zero-order chi connectivity index (χ0) is 14.8. The van der Waals surface area contributed by atoms with Crippen LogP contribution in [0.2, 0.25) is 0 Å². The van der Waals surface area contributed by atoms with Gasteiger partial charge in [-0.2, -0.15) is 4.68 Å². The molecule has 0 bridgehead atoms. The smallest absolute Gasteiger partial charge is 0.241 e. The molecule has 1 fully saturated rings. The van der Waals surface area contributed by atoms with Crippen molar-refractivity contribution in [2.24, 2.45) is 0 Å². The van der Waals surface area contributed by atoms with Crippen molar-refractivity contribution in [3.8, 4) is 5.69 Å². The highest BCUT2D eigenvalue weighted by molar-refractivity contribution is 5.95. The number of nitrogens with zero attached hydrogens (tertiary/aromatic N) is 4. The van der Waals surface area contributed by atoms with E-state index in [1.165, 1.54) is 22.9 Å². The van der Waals surface area contributed by atoms with E-state index >= 15 is 0 Å². The predicted octanol–water partition coefficient (Wildman–Crippen LogP) is 1.22. The summed E-state index contributed by atoms with van der Waals surface area (Å²) in [4.78, 5) is 12.0. The summed E-state index contributed by atoms with van der Waals surface area (Å²) in [7, 11) is 0. The Balaban J connectivity index is 0.00000176. The number of anilines is 1. The Morgan fingerprint density at radius 1 is 1.50 bits per heavy atom. The average molecular weight is 327 g/mol. The number of tetrazole rings is 1. The minimum absolute atomic E-state index is 0. The second kappa shape index (κ2) is 6.80. The predicted molar refractivity (Wildman–Crippen MR) is 80.8 cm³/mol. The highest BCUT2D eigenvalue weighted by Gasteiger charge is 2.22.